The molecule has 29 heavy (non-hydrogen) atoms. The van der Waals surface area contributed by atoms with Gasteiger partial charge in [0.15, 0.2) is 0 Å². The normalized spacial score (nSPS) is 16.9. The summed E-state index contributed by atoms with van der Waals surface area (Å²) in [6, 6.07) is -0.155. The maximum Gasteiger partial charge on any atom is 0.306 e. The van der Waals surface area contributed by atoms with E-state index in [0.29, 0.717) is 32.5 Å². The highest BCUT2D eigenvalue weighted by Crippen LogP contribution is 2.23. The van der Waals surface area contributed by atoms with Crippen molar-refractivity contribution < 1.29 is 29.0 Å². The molecule has 0 unspecified atom stereocenters. The number of hydrogen-bond donors (Lipinski definition) is 2. The third-order valence-corrected chi connectivity index (χ3v) is 4.69. The van der Waals surface area contributed by atoms with E-state index in [1.807, 2.05) is 0 Å². The van der Waals surface area contributed by atoms with Gasteiger partial charge in [0, 0.05) is 25.9 Å². The van der Waals surface area contributed by atoms with Crippen LogP contribution >= 0.6 is 0 Å². The first-order chi connectivity index (χ1) is 14.0. The van der Waals surface area contributed by atoms with Crippen LogP contribution in [0.2, 0.25) is 0 Å². The number of aliphatic hydroxyl groups excluding tert-OH is 1. The van der Waals surface area contributed by atoms with Gasteiger partial charge in [-0.25, -0.2) is 0 Å². The zero-order chi connectivity index (χ0) is 21.5. The van der Waals surface area contributed by atoms with Gasteiger partial charge in [0.1, 0.15) is 6.61 Å². The van der Waals surface area contributed by atoms with Gasteiger partial charge in [-0.1, -0.05) is 12.2 Å². The first-order valence-corrected chi connectivity index (χ1v) is 10.2. The summed E-state index contributed by atoms with van der Waals surface area (Å²) in [5.41, 5.74) is 0. The number of rotatable bonds is 15. The molecule has 0 spiro atoms. The number of allylic oxidation sites excluding steroid dienone is 2. The molecule has 2 atom stereocenters. The van der Waals surface area contributed by atoms with Crippen molar-refractivity contribution in [2.75, 3.05) is 39.5 Å². The Kier molecular flexibility index (Phi) is 12.6. The molecule has 0 radical (unpaired) electrons. The molecule has 0 bridgehead atoms. The monoisotopic (exact) mass is 410 g/mol. The highest BCUT2D eigenvalue weighted by atomic mass is 16.5. The maximum absolute atomic E-state index is 13.0. The van der Waals surface area contributed by atoms with Crippen LogP contribution in [-0.4, -0.2) is 73.3 Å². The van der Waals surface area contributed by atoms with Crippen molar-refractivity contribution in [3.05, 3.63) is 25.3 Å². The molecule has 1 fully saturated rings. The van der Waals surface area contributed by atoms with Gasteiger partial charge in [0.2, 0.25) is 11.8 Å². The van der Waals surface area contributed by atoms with Gasteiger partial charge in [0.25, 0.3) is 0 Å². The molecule has 0 saturated carbocycles. The van der Waals surface area contributed by atoms with Gasteiger partial charge >= 0.3 is 5.97 Å². The summed E-state index contributed by atoms with van der Waals surface area (Å²) < 4.78 is 10.4. The Morgan fingerprint density at radius 2 is 2.03 bits per heavy atom. The molecule has 8 nitrogen and oxygen atoms in total. The third kappa shape index (κ3) is 9.71. The van der Waals surface area contributed by atoms with E-state index in [0.717, 1.165) is 12.8 Å². The molecule has 1 aliphatic rings. The molecular weight excluding hydrogens is 376 g/mol. The van der Waals surface area contributed by atoms with Crippen LogP contribution in [0.5, 0.6) is 0 Å². The Labute approximate surface area is 172 Å². The number of carbonyl (C=O) groups is 3. The minimum Gasteiger partial charge on any atom is -0.463 e. The van der Waals surface area contributed by atoms with Gasteiger partial charge < -0.3 is 24.8 Å². The van der Waals surface area contributed by atoms with Crippen LogP contribution in [0.1, 0.15) is 38.5 Å². The molecule has 1 heterocycles. The van der Waals surface area contributed by atoms with E-state index < -0.39 is 5.92 Å². The van der Waals surface area contributed by atoms with E-state index in [9.17, 15) is 14.4 Å². The lowest BCUT2D eigenvalue weighted by Gasteiger charge is -2.28. The zero-order valence-electron chi connectivity index (χ0n) is 17.1. The van der Waals surface area contributed by atoms with Crippen molar-refractivity contribution in [2.24, 2.45) is 5.92 Å². The molecule has 164 valence electrons. The van der Waals surface area contributed by atoms with Crippen LogP contribution < -0.4 is 5.32 Å². The van der Waals surface area contributed by atoms with Crippen molar-refractivity contribution >= 4 is 17.8 Å². The van der Waals surface area contributed by atoms with Crippen LogP contribution in [0.4, 0.5) is 0 Å². The zero-order valence-corrected chi connectivity index (χ0v) is 17.1. The lowest BCUT2D eigenvalue weighted by atomic mass is 9.98. The summed E-state index contributed by atoms with van der Waals surface area (Å²) in [6.45, 7) is 8.83. The van der Waals surface area contributed by atoms with Crippen LogP contribution in [0.3, 0.4) is 0 Å². The molecule has 0 aromatic rings. The Morgan fingerprint density at radius 1 is 1.24 bits per heavy atom. The average molecular weight is 411 g/mol. The summed E-state index contributed by atoms with van der Waals surface area (Å²) in [4.78, 5) is 38.6. The molecule has 0 aliphatic carbocycles. The lowest BCUT2D eigenvalue weighted by Crippen LogP contribution is -2.43. The van der Waals surface area contributed by atoms with Gasteiger partial charge in [-0.2, -0.15) is 0 Å². The van der Waals surface area contributed by atoms with Crippen LogP contribution in [0.15, 0.2) is 25.3 Å². The number of esters is 1. The van der Waals surface area contributed by atoms with Gasteiger partial charge in [0.05, 0.1) is 31.8 Å². The van der Waals surface area contributed by atoms with E-state index in [4.69, 9.17) is 14.6 Å². The molecule has 0 aromatic heterocycles. The van der Waals surface area contributed by atoms with Crippen molar-refractivity contribution in [3.63, 3.8) is 0 Å². The standard InChI is InChI=1S/C21H34N2O6/c1-3-5-9-20(26)29-16-18-8-6-11-23(18)21(27)17(7-4-2)15-19(25)22-10-13-28-14-12-24/h3-4,17-18,24H,1-2,5-16H2,(H,22,25)/t17-,18+/m1/s1. The highest BCUT2D eigenvalue weighted by Gasteiger charge is 2.34. The van der Waals surface area contributed by atoms with Crippen molar-refractivity contribution in [1.82, 2.24) is 10.2 Å². The summed E-state index contributed by atoms with van der Waals surface area (Å²) in [5.74, 6) is -1.14. The van der Waals surface area contributed by atoms with E-state index in [1.165, 1.54) is 0 Å². The number of nitrogens with one attached hydrogen (secondary N) is 1. The predicted octanol–water partition coefficient (Wildman–Crippen LogP) is 1.19. The number of aliphatic hydroxyl groups is 1. The molecule has 1 aliphatic heterocycles. The minimum absolute atomic E-state index is 0.0627. The average Bonchev–Trinajstić information content (AvgIpc) is 3.18. The van der Waals surface area contributed by atoms with Crippen LogP contribution in [-0.2, 0) is 23.9 Å². The first-order valence-electron chi connectivity index (χ1n) is 10.2. The number of nitrogens with zero attached hydrogens (tertiary/aromatic N) is 1. The Morgan fingerprint density at radius 3 is 2.72 bits per heavy atom. The number of likely N-dealkylation sites (tertiary alicyclic amines) is 1. The first kappa shape index (κ1) is 24.8. The second kappa shape index (κ2) is 14.8. The summed E-state index contributed by atoms with van der Waals surface area (Å²) in [5, 5.41) is 11.4. The Balaban J connectivity index is 2.53. The summed E-state index contributed by atoms with van der Waals surface area (Å²) in [6.07, 6.45) is 6.23. The van der Waals surface area contributed by atoms with Gasteiger partial charge in [-0.3, -0.25) is 14.4 Å². The molecule has 0 aromatic carbocycles. The molecule has 1 saturated heterocycles. The van der Waals surface area contributed by atoms with Gasteiger partial charge in [-0.15, -0.1) is 13.2 Å². The summed E-state index contributed by atoms with van der Waals surface area (Å²) in [7, 11) is 0. The maximum atomic E-state index is 13.0. The highest BCUT2D eigenvalue weighted by molar-refractivity contribution is 5.86. The molecular formula is C21H34N2O6. The largest absolute Gasteiger partial charge is 0.463 e. The predicted molar refractivity (Wildman–Crippen MR) is 109 cm³/mol. The van der Waals surface area contributed by atoms with E-state index in [-0.39, 0.29) is 56.5 Å². The number of amides is 2. The van der Waals surface area contributed by atoms with Crippen molar-refractivity contribution in [3.8, 4) is 0 Å². The summed E-state index contributed by atoms with van der Waals surface area (Å²) >= 11 is 0. The number of carbonyl (C=O) groups excluding carboxylic acids is 3. The van der Waals surface area contributed by atoms with Crippen molar-refractivity contribution in [1.29, 1.82) is 0 Å². The second-order valence-corrected chi connectivity index (χ2v) is 6.95. The number of ether oxygens (including phenoxy) is 2. The fraction of sp³-hybridized carbons (Fsp3) is 0.667. The lowest BCUT2D eigenvalue weighted by molar-refractivity contribution is -0.148. The van der Waals surface area contributed by atoms with E-state index in [2.05, 4.69) is 18.5 Å². The second-order valence-electron chi connectivity index (χ2n) is 6.95. The fourth-order valence-electron chi connectivity index (χ4n) is 3.21. The van der Waals surface area contributed by atoms with Crippen LogP contribution in [0, 0.1) is 5.92 Å². The molecule has 1 rings (SSSR count). The van der Waals surface area contributed by atoms with Crippen LogP contribution in [0.25, 0.3) is 0 Å². The quantitative estimate of drug-likeness (QED) is 0.239. The topological polar surface area (TPSA) is 105 Å². The molecule has 2 amide bonds. The van der Waals surface area contributed by atoms with E-state index in [1.54, 1.807) is 17.1 Å². The third-order valence-electron chi connectivity index (χ3n) is 4.69. The van der Waals surface area contributed by atoms with Gasteiger partial charge in [-0.05, 0) is 25.7 Å². The Hall–Kier alpha value is -2.19. The molecule has 2 N–H and O–H groups in total. The smallest absolute Gasteiger partial charge is 0.306 e. The fourth-order valence-corrected chi connectivity index (χ4v) is 3.21. The molecule has 8 heteroatoms. The SMILES string of the molecule is C=CCCC(=O)OC[C@@H]1CCCN1C(=O)[C@H](CC=C)CC(=O)NCCOCCO. The van der Waals surface area contributed by atoms with E-state index >= 15 is 0 Å². The van der Waals surface area contributed by atoms with Crippen molar-refractivity contribution in [2.45, 2.75) is 44.6 Å². The minimum atomic E-state index is -0.497. The number of hydrogen-bond acceptors (Lipinski definition) is 6. The Bertz CT molecular complexity index is 551.